The Hall–Kier alpha value is 1.06. The van der Waals surface area contributed by atoms with Crippen molar-refractivity contribution in [1.29, 1.82) is 0 Å². The van der Waals surface area contributed by atoms with Crippen molar-refractivity contribution >= 4 is 23.1 Å². The van der Waals surface area contributed by atoms with Crippen LogP contribution in [-0.2, 0) is 0 Å². The first-order valence-electron chi connectivity index (χ1n) is 1.50. The van der Waals surface area contributed by atoms with Crippen LogP contribution in [0.5, 0.6) is 0 Å². The van der Waals surface area contributed by atoms with Gasteiger partial charge >= 0.3 is 23.1 Å². The van der Waals surface area contributed by atoms with Crippen LogP contribution >= 0.6 is 0 Å². The van der Waals surface area contributed by atoms with Gasteiger partial charge in [0, 0.05) is 0 Å². The smallest absolute Gasteiger partial charge is 1.00 e. The summed E-state index contributed by atoms with van der Waals surface area (Å²) in [5.41, 5.74) is 0. The minimum Gasteiger partial charge on any atom is -1.00 e. The fraction of sp³-hybridized carbons (Fsp3) is 0.750. The summed E-state index contributed by atoms with van der Waals surface area (Å²) in [4.78, 5) is 0. The molecule has 0 heterocycles. The molecule has 0 aliphatic carbocycles. The molecule has 0 saturated heterocycles. The minimum absolute atomic E-state index is 0. The van der Waals surface area contributed by atoms with E-state index < -0.39 is 0 Å². The zero-order valence-corrected chi connectivity index (χ0v) is 6.76. The zero-order valence-electron chi connectivity index (χ0n) is 4.59. The topological polar surface area (TPSA) is 0 Å². The maximum atomic E-state index is 2.08. The van der Waals surface area contributed by atoms with Gasteiger partial charge in [0.15, 0.2) is 0 Å². The Morgan fingerprint density at radius 2 is 1.00 bits per heavy atom. The zero-order chi connectivity index (χ0) is 3.58. The van der Waals surface area contributed by atoms with Gasteiger partial charge in [-0.15, -0.1) is 0 Å². The SMILES string of the molecule is [13CH3][13C-]([13CH3])[13CH3].[Cl-].[Mg+2]. The largest absolute Gasteiger partial charge is 2.00 e. The van der Waals surface area contributed by atoms with E-state index in [4.69, 9.17) is 0 Å². The fourth-order valence-corrected chi connectivity index (χ4v) is 0. The maximum Gasteiger partial charge on any atom is 2.00 e. The Balaban J connectivity index is -0.0000000450. The molecule has 0 bridgehead atoms. The van der Waals surface area contributed by atoms with Crippen molar-refractivity contribution in [2.24, 2.45) is 0 Å². The fourth-order valence-electron chi connectivity index (χ4n) is 0. The normalized spacial score (nSPS) is 6.00. The second-order valence-corrected chi connectivity index (χ2v) is 1.50. The summed E-state index contributed by atoms with van der Waals surface area (Å²) in [5, 5.41) is 0. The first-order chi connectivity index (χ1) is 1.73. The predicted molar refractivity (Wildman–Crippen MR) is 26.0 cm³/mol. The molecule has 0 atom stereocenters. The maximum absolute atomic E-state index is 2.08. The van der Waals surface area contributed by atoms with E-state index in [2.05, 4.69) is 20.8 Å². The van der Waals surface area contributed by atoms with E-state index in [1.165, 1.54) is 5.92 Å². The first-order valence-corrected chi connectivity index (χ1v) is 1.50. The molecule has 0 aromatic carbocycles. The van der Waals surface area contributed by atoms with Gasteiger partial charge in [-0.05, 0) is 0 Å². The molecule has 34 valence electrons. The molecular formula is C4H9ClMg. The van der Waals surface area contributed by atoms with Crippen molar-refractivity contribution in [3.05, 3.63) is 5.92 Å². The number of rotatable bonds is 0. The van der Waals surface area contributed by atoms with Crippen LogP contribution in [0.15, 0.2) is 0 Å². The van der Waals surface area contributed by atoms with Gasteiger partial charge in [-0.25, -0.2) is 0 Å². The van der Waals surface area contributed by atoms with Crippen molar-refractivity contribution < 1.29 is 12.4 Å². The van der Waals surface area contributed by atoms with Crippen molar-refractivity contribution in [3.63, 3.8) is 0 Å². The quantitative estimate of drug-likeness (QED) is 0.202. The van der Waals surface area contributed by atoms with Gasteiger partial charge in [0.25, 0.3) is 0 Å². The van der Waals surface area contributed by atoms with Gasteiger partial charge in [-0.3, -0.25) is 0 Å². The number of halogens is 1. The third-order valence-electron chi connectivity index (χ3n) is 0. The Labute approximate surface area is 62.3 Å². The average Bonchev–Trinajstić information content (AvgIpc) is 0.811. The van der Waals surface area contributed by atoms with E-state index in [9.17, 15) is 0 Å². The molecule has 0 aromatic rings. The van der Waals surface area contributed by atoms with Gasteiger partial charge in [0.2, 0.25) is 0 Å². The summed E-state index contributed by atoms with van der Waals surface area (Å²) in [6.45, 7) is 6.25. The van der Waals surface area contributed by atoms with E-state index in [0.29, 0.717) is 0 Å². The van der Waals surface area contributed by atoms with Crippen molar-refractivity contribution in [2.75, 3.05) is 0 Å². The number of hydrogen-bond acceptors (Lipinski definition) is 0. The van der Waals surface area contributed by atoms with Gasteiger partial charge in [0.05, 0.1) is 0 Å². The Kier molecular flexibility index (Phi) is 24.7. The third-order valence-corrected chi connectivity index (χ3v) is 0. The predicted octanol–water partition coefficient (Wildman–Crippen LogP) is -1.76. The monoisotopic (exact) mass is 120 g/mol. The minimum atomic E-state index is 0. The summed E-state index contributed by atoms with van der Waals surface area (Å²) in [6.07, 6.45) is 0. The van der Waals surface area contributed by atoms with Crippen LogP contribution in [0.25, 0.3) is 0 Å². The Morgan fingerprint density at radius 3 is 1.00 bits per heavy atom. The number of hydrogen-bond donors (Lipinski definition) is 0. The van der Waals surface area contributed by atoms with Crippen molar-refractivity contribution in [2.45, 2.75) is 20.8 Å². The summed E-state index contributed by atoms with van der Waals surface area (Å²) >= 11 is 0. The van der Waals surface area contributed by atoms with Crippen LogP contribution < -0.4 is 12.4 Å². The molecule has 2 heteroatoms. The molecule has 0 amide bonds. The Morgan fingerprint density at radius 1 is 1.00 bits per heavy atom. The van der Waals surface area contributed by atoms with Crippen LogP contribution in [0.3, 0.4) is 0 Å². The van der Waals surface area contributed by atoms with E-state index in [-0.39, 0.29) is 35.5 Å². The van der Waals surface area contributed by atoms with E-state index in [1.807, 2.05) is 0 Å². The molecule has 0 rings (SSSR count). The molecule has 0 aromatic heterocycles. The summed E-state index contributed by atoms with van der Waals surface area (Å²) in [7, 11) is 0. The van der Waals surface area contributed by atoms with Gasteiger partial charge in [0.1, 0.15) is 0 Å². The van der Waals surface area contributed by atoms with Gasteiger partial charge in [-0.1, -0.05) is 0 Å². The summed E-state index contributed by atoms with van der Waals surface area (Å²) in [6, 6.07) is 0. The third kappa shape index (κ3) is 74.6. The van der Waals surface area contributed by atoms with Gasteiger partial charge < -0.3 is 18.3 Å². The second-order valence-electron chi connectivity index (χ2n) is 1.50. The van der Waals surface area contributed by atoms with E-state index >= 15 is 0 Å². The standard InChI is InChI=1S/C4H9.ClH.Mg/c1-4(2)3;;/h1-3H3;1H;/q-1;;+2/p-1/i1+1,2+1,3+1,4+1;;. The molecule has 0 aliphatic heterocycles. The molecule has 6 heavy (non-hydrogen) atoms. The molecule has 0 spiro atoms. The molecule has 0 saturated carbocycles. The summed E-state index contributed by atoms with van der Waals surface area (Å²) < 4.78 is 0. The molecular weight excluding hydrogens is 112 g/mol. The van der Waals surface area contributed by atoms with Gasteiger partial charge in [-0.2, -0.15) is 20.8 Å². The van der Waals surface area contributed by atoms with Crippen LogP contribution in [0.1, 0.15) is 20.8 Å². The molecule has 0 aliphatic rings. The first kappa shape index (κ1) is 15.7. The molecule has 0 unspecified atom stereocenters. The van der Waals surface area contributed by atoms with Crippen LogP contribution in [0.4, 0.5) is 0 Å². The Bertz CT molecular complexity index is 12.3. The average molecular weight is 121 g/mol. The van der Waals surface area contributed by atoms with E-state index in [0.717, 1.165) is 0 Å². The van der Waals surface area contributed by atoms with Crippen molar-refractivity contribution in [1.82, 2.24) is 0 Å². The molecule has 0 N–H and O–H groups in total. The van der Waals surface area contributed by atoms with Crippen LogP contribution in [0.2, 0.25) is 0 Å². The summed E-state index contributed by atoms with van der Waals surface area (Å²) in [5.74, 6) is 1.42. The second kappa shape index (κ2) is 9.41. The van der Waals surface area contributed by atoms with Crippen LogP contribution in [0, 0.1) is 5.92 Å². The van der Waals surface area contributed by atoms with Crippen molar-refractivity contribution in [3.8, 4) is 0 Å². The van der Waals surface area contributed by atoms with Crippen LogP contribution in [-0.4, -0.2) is 23.1 Å². The molecule has 0 nitrogen and oxygen atoms in total. The molecule has 0 fully saturated rings. The molecule has 0 radical (unpaired) electrons. The van der Waals surface area contributed by atoms with E-state index in [1.54, 1.807) is 0 Å².